The highest BCUT2D eigenvalue weighted by Gasteiger charge is 2.32. The van der Waals surface area contributed by atoms with Crippen LogP contribution >= 0.6 is 0 Å². The molecule has 0 radical (unpaired) electrons. The van der Waals surface area contributed by atoms with Gasteiger partial charge >= 0.3 is 0 Å². The van der Waals surface area contributed by atoms with Gasteiger partial charge in [-0.1, -0.05) is 13.8 Å². The summed E-state index contributed by atoms with van der Waals surface area (Å²) in [6.45, 7) is 6.44. The number of carbonyl (C=O) groups excluding carboxylic acids is 3. The van der Waals surface area contributed by atoms with Gasteiger partial charge in [0.25, 0.3) is 0 Å². The summed E-state index contributed by atoms with van der Waals surface area (Å²) in [7, 11) is 0. The van der Waals surface area contributed by atoms with Crippen LogP contribution in [0.4, 0.5) is 0 Å². The summed E-state index contributed by atoms with van der Waals surface area (Å²) < 4.78 is 0. The van der Waals surface area contributed by atoms with Crippen LogP contribution in [0.1, 0.15) is 33.6 Å². The van der Waals surface area contributed by atoms with Crippen LogP contribution in [0.3, 0.4) is 0 Å². The summed E-state index contributed by atoms with van der Waals surface area (Å²) >= 11 is 0. The maximum atomic E-state index is 11.9. The van der Waals surface area contributed by atoms with E-state index < -0.39 is 17.9 Å². The molecule has 18 heavy (non-hydrogen) atoms. The Balaban J connectivity index is 2.40. The molecule has 6 nitrogen and oxygen atoms in total. The van der Waals surface area contributed by atoms with Gasteiger partial charge < -0.3 is 10.2 Å². The minimum atomic E-state index is -0.562. The third-order valence-corrected chi connectivity index (χ3v) is 2.86. The van der Waals surface area contributed by atoms with E-state index in [-0.39, 0.29) is 12.5 Å². The molecule has 0 aliphatic carbocycles. The van der Waals surface area contributed by atoms with Gasteiger partial charge in [-0.3, -0.25) is 19.7 Å². The first kappa shape index (κ1) is 14.6. The van der Waals surface area contributed by atoms with Gasteiger partial charge in [0.05, 0.1) is 0 Å². The molecule has 2 N–H and O–H groups in total. The summed E-state index contributed by atoms with van der Waals surface area (Å²) in [5, 5.41) is 5.43. The third-order valence-electron chi connectivity index (χ3n) is 2.86. The van der Waals surface area contributed by atoms with Crippen LogP contribution in [0.25, 0.3) is 0 Å². The van der Waals surface area contributed by atoms with Crippen molar-refractivity contribution in [1.29, 1.82) is 0 Å². The van der Waals surface area contributed by atoms with Crippen LogP contribution in [-0.4, -0.2) is 47.8 Å². The molecule has 0 aromatic carbocycles. The Morgan fingerprint density at radius 3 is 2.78 bits per heavy atom. The van der Waals surface area contributed by atoms with E-state index in [0.717, 1.165) is 6.54 Å². The molecule has 0 spiro atoms. The minimum absolute atomic E-state index is 0.0245. The second-order valence-electron chi connectivity index (χ2n) is 4.82. The number of amides is 3. The Labute approximate surface area is 107 Å². The first-order valence-electron chi connectivity index (χ1n) is 6.28. The zero-order valence-electron chi connectivity index (χ0n) is 11.2. The number of hydrogen-bond acceptors (Lipinski definition) is 4. The molecule has 0 aromatic rings. The van der Waals surface area contributed by atoms with Crippen LogP contribution in [-0.2, 0) is 14.4 Å². The zero-order valence-corrected chi connectivity index (χ0v) is 11.2. The standard InChI is InChI=1S/C12H21N3O3/c1-8(2)13-6-4-5-11(17)15-7-10(16)14-12(18)9(15)3/h8-9,13H,4-7H2,1-3H3,(H,14,16,18). The molecule has 1 unspecified atom stereocenters. The van der Waals surface area contributed by atoms with Crippen molar-refractivity contribution in [2.75, 3.05) is 13.1 Å². The molecule has 1 fully saturated rings. The highest BCUT2D eigenvalue weighted by Crippen LogP contribution is 2.08. The van der Waals surface area contributed by atoms with Gasteiger partial charge in [-0.05, 0) is 19.9 Å². The van der Waals surface area contributed by atoms with Crippen molar-refractivity contribution in [1.82, 2.24) is 15.5 Å². The molecule has 1 aliphatic heterocycles. The predicted octanol–water partition coefficient (Wildman–Crippen LogP) is -0.362. The van der Waals surface area contributed by atoms with Crippen LogP contribution in [0.2, 0.25) is 0 Å². The smallest absolute Gasteiger partial charge is 0.249 e. The van der Waals surface area contributed by atoms with Crippen LogP contribution in [0.15, 0.2) is 0 Å². The molecule has 0 saturated carbocycles. The van der Waals surface area contributed by atoms with Gasteiger partial charge in [0.1, 0.15) is 12.6 Å². The summed E-state index contributed by atoms with van der Waals surface area (Å²) in [6, 6.07) is -0.172. The van der Waals surface area contributed by atoms with Gasteiger partial charge in [-0.25, -0.2) is 0 Å². The molecule has 0 aromatic heterocycles. The van der Waals surface area contributed by atoms with Gasteiger partial charge in [0.15, 0.2) is 0 Å². The third kappa shape index (κ3) is 4.10. The lowest BCUT2D eigenvalue weighted by molar-refractivity contribution is -0.149. The number of hydrogen-bond donors (Lipinski definition) is 2. The fourth-order valence-electron chi connectivity index (χ4n) is 1.79. The Kier molecular flexibility index (Phi) is 5.27. The number of piperazine rings is 1. The van der Waals surface area contributed by atoms with E-state index in [1.165, 1.54) is 4.90 Å². The zero-order chi connectivity index (χ0) is 13.7. The number of nitrogens with one attached hydrogen (secondary N) is 2. The SMILES string of the molecule is CC(C)NCCCC(=O)N1CC(=O)NC(=O)C1C. The summed E-state index contributed by atoms with van der Waals surface area (Å²) in [4.78, 5) is 35.9. The summed E-state index contributed by atoms with van der Waals surface area (Å²) in [5.41, 5.74) is 0. The number of carbonyl (C=O) groups is 3. The van der Waals surface area contributed by atoms with Gasteiger partial charge in [0, 0.05) is 12.5 Å². The van der Waals surface area contributed by atoms with Crippen molar-refractivity contribution in [3.63, 3.8) is 0 Å². The van der Waals surface area contributed by atoms with Crippen molar-refractivity contribution >= 4 is 17.7 Å². The van der Waals surface area contributed by atoms with E-state index in [2.05, 4.69) is 10.6 Å². The summed E-state index contributed by atoms with van der Waals surface area (Å²) in [6.07, 6.45) is 1.06. The molecular weight excluding hydrogens is 234 g/mol. The first-order chi connectivity index (χ1) is 8.41. The molecule has 102 valence electrons. The topological polar surface area (TPSA) is 78.5 Å². The number of rotatable bonds is 5. The number of nitrogens with zero attached hydrogens (tertiary/aromatic N) is 1. The average Bonchev–Trinajstić information content (AvgIpc) is 2.28. The van der Waals surface area contributed by atoms with Crippen LogP contribution in [0.5, 0.6) is 0 Å². The molecule has 1 saturated heterocycles. The molecule has 1 aliphatic rings. The Morgan fingerprint density at radius 2 is 2.17 bits per heavy atom. The molecule has 6 heteroatoms. The van der Waals surface area contributed by atoms with E-state index >= 15 is 0 Å². The lowest BCUT2D eigenvalue weighted by Crippen LogP contribution is -2.58. The Hall–Kier alpha value is -1.43. The second kappa shape index (κ2) is 6.49. The lowest BCUT2D eigenvalue weighted by atomic mass is 10.1. The van der Waals surface area contributed by atoms with Crippen molar-refractivity contribution in [2.24, 2.45) is 0 Å². The molecule has 0 bridgehead atoms. The highest BCUT2D eigenvalue weighted by molar-refractivity contribution is 6.04. The average molecular weight is 255 g/mol. The number of imide groups is 1. The first-order valence-corrected chi connectivity index (χ1v) is 6.28. The molecule has 3 amide bonds. The van der Waals surface area contributed by atoms with E-state index in [0.29, 0.717) is 18.9 Å². The highest BCUT2D eigenvalue weighted by atomic mass is 16.2. The predicted molar refractivity (Wildman–Crippen MR) is 66.7 cm³/mol. The largest absolute Gasteiger partial charge is 0.322 e. The van der Waals surface area contributed by atoms with Crippen LogP contribution < -0.4 is 10.6 Å². The van der Waals surface area contributed by atoms with Gasteiger partial charge in [-0.15, -0.1) is 0 Å². The maximum absolute atomic E-state index is 11.9. The van der Waals surface area contributed by atoms with E-state index in [4.69, 9.17) is 0 Å². The Bertz CT molecular complexity index is 341. The Morgan fingerprint density at radius 1 is 1.50 bits per heavy atom. The van der Waals surface area contributed by atoms with Gasteiger partial charge in [0.2, 0.25) is 17.7 Å². The van der Waals surface area contributed by atoms with E-state index in [1.807, 2.05) is 13.8 Å². The van der Waals surface area contributed by atoms with Crippen molar-refractivity contribution < 1.29 is 14.4 Å². The quantitative estimate of drug-likeness (QED) is 0.519. The lowest BCUT2D eigenvalue weighted by Gasteiger charge is -2.31. The fraction of sp³-hybridized carbons (Fsp3) is 0.750. The fourth-order valence-corrected chi connectivity index (χ4v) is 1.79. The summed E-state index contributed by atoms with van der Waals surface area (Å²) in [5.74, 6) is -0.956. The molecule has 1 rings (SSSR count). The van der Waals surface area contributed by atoms with Crippen LogP contribution in [0, 0.1) is 0 Å². The minimum Gasteiger partial charge on any atom is -0.322 e. The molecule has 1 heterocycles. The van der Waals surface area contributed by atoms with E-state index in [9.17, 15) is 14.4 Å². The van der Waals surface area contributed by atoms with Crippen molar-refractivity contribution in [3.05, 3.63) is 0 Å². The maximum Gasteiger partial charge on any atom is 0.249 e. The molecule has 1 atom stereocenters. The van der Waals surface area contributed by atoms with E-state index in [1.54, 1.807) is 6.92 Å². The second-order valence-corrected chi connectivity index (χ2v) is 4.82. The molecular formula is C12H21N3O3. The van der Waals surface area contributed by atoms with Gasteiger partial charge in [-0.2, -0.15) is 0 Å². The van der Waals surface area contributed by atoms with Crippen molar-refractivity contribution in [3.8, 4) is 0 Å². The monoisotopic (exact) mass is 255 g/mol. The van der Waals surface area contributed by atoms with Crippen molar-refractivity contribution in [2.45, 2.75) is 45.7 Å². The normalized spacial score (nSPS) is 20.2.